The fraction of sp³-hybridized carbons (Fsp3) is 0.579. The zero-order valence-electron chi connectivity index (χ0n) is 15.8. The minimum absolute atomic E-state index is 0.304. The number of hydrogen-bond acceptors (Lipinski definition) is 5. The first-order valence-electron chi connectivity index (χ1n) is 8.66. The number of carbonyl (C=O) groups excluding carboxylic acids is 2. The molecule has 140 valence electrons. The molecule has 1 rings (SSSR count). The van der Waals surface area contributed by atoms with Crippen molar-refractivity contribution in [3.63, 3.8) is 0 Å². The maximum atomic E-state index is 12.1. The van der Waals surface area contributed by atoms with Crippen LogP contribution in [0.4, 0.5) is 0 Å². The minimum Gasteiger partial charge on any atom is -0.490 e. The van der Waals surface area contributed by atoms with Crippen LogP contribution in [0.2, 0.25) is 0 Å². The van der Waals surface area contributed by atoms with Crippen LogP contribution in [-0.2, 0) is 9.53 Å². The molecule has 1 N–H and O–H groups in total. The molecule has 0 saturated heterocycles. The number of benzene rings is 1. The van der Waals surface area contributed by atoms with Crippen molar-refractivity contribution >= 4 is 11.9 Å². The number of nitrogens with one attached hydrogen (secondary N) is 1. The second-order valence-electron chi connectivity index (χ2n) is 6.57. The third-order valence-corrected chi connectivity index (χ3v) is 3.09. The van der Waals surface area contributed by atoms with E-state index in [1.54, 1.807) is 18.2 Å². The van der Waals surface area contributed by atoms with Gasteiger partial charge in [0.15, 0.2) is 18.1 Å². The van der Waals surface area contributed by atoms with Crippen molar-refractivity contribution in [2.45, 2.75) is 34.6 Å². The summed E-state index contributed by atoms with van der Waals surface area (Å²) in [5.74, 6) is 0.902. The summed E-state index contributed by atoms with van der Waals surface area (Å²) in [6.45, 7) is 11.2. The average Bonchev–Trinajstić information content (AvgIpc) is 2.56. The highest BCUT2D eigenvalue weighted by Crippen LogP contribution is 2.29. The molecule has 0 unspecified atom stereocenters. The summed E-state index contributed by atoms with van der Waals surface area (Å²) in [6, 6.07) is 4.86. The maximum absolute atomic E-state index is 12.1. The smallest absolute Gasteiger partial charge is 0.338 e. The van der Waals surface area contributed by atoms with Crippen molar-refractivity contribution in [3.05, 3.63) is 23.8 Å². The van der Waals surface area contributed by atoms with Crippen molar-refractivity contribution in [2.75, 3.05) is 26.4 Å². The lowest BCUT2D eigenvalue weighted by atomic mass is 10.2. The predicted octanol–water partition coefficient (Wildman–Crippen LogP) is 3.05. The van der Waals surface area contributed by atoms with E-state index in [2.05, 4.69) is 19.2 Å². The summed E-state index contributed by atoms with van der Waals surface area (Å²) >= 11 is 0. The second kappa shape index (κ2) is 10.6. The molecule has 0 radical (unpaired) electrons. The monoisotopic (exact) mass is 351 g/mol. The van der Waals surface area contributed by atoms with Crippen molar-refractivity contribution in [1.29, 1.82) is 0 Å². The van der Waals surface area contributed by atoms with Gasteiger partial charge in [0.25, 0.3) is 5.91 Å². The molecule has 0 heterocycles. The Labute approximate surface area is 149 Å². The molecule has 0 fully saturated rings. The number of hydrogen-bond donors (Lipinski definition) is 1. The van der Waals surface area contributed by atoms with E-state index in [9.17, 15) is 9.59 Å². The number of esters is 1. The van der Waals surface area contributed by atoms with Gasteiger partial charge in [0.05, 0.1) is 18.8 Å². The Kier molecular flexibility index (Phi) is 8.81. The number of carbonyl (C=O) groups is 2. The molecule has 0 atom stereocenters. The molecule has 0 aliphatic heterocycles. The molecule has 1 aromatic carbocycles. The van der Waals surface area contributed by atoms with Gasteiger partial charge in [-0.1, -0.05) is 27.7 Å². The van der Waals surface area contributed by atoms with Crippen LogP contribution in [0, 0.1) is 11.8 Å². The summed E-state index contributed by atoms with van der Waals surface area (Å²) in [5, 5.41) is 2.70. The molecule has 0 bridgehead atoms. The molecule has 0 saturated carbocycles. The van der Waals surface area contributed by atoms with Crippen molar-refractivity contribution in [1.82, 2.24) is 5.32 Å². The molecule has 25 heavy (non-hydrogen) atoms. The third kappa shape index (κ3) is 7.92. The number of rotatable bonds is 10. The standard InChI is InChI=1S/C19H29NO5/c1-6-23-17-9-15(7-8-16(17)24-11-14(4)5)19(22)25-12-18(21)20-10-13(2)3/h7-9,13-14H,6,10-12H2,1-5H3,(H,20,21). The van der Waals surface area contributed by atoms with Gasteiger partial charge >= 0.3 is 5.97 Å². The first-order chi connectivity index (χ1) is 11.8. The van der Waals surface area contributed by atoms with Gasteiger partial charge < -0.3 is 19.5 Å². The normalized spacial score (nSPS) is 10.7. The summed E-state index contributed by atoms with van der Waals surface area (Å²) in [5.41, 5.74) is 0.317. The van der Waals surface area contributed by atoms with E-state index in [0.717, 1.165) is 0 Å². The fourth-order valence-electron chi connectivity index (χ4n) is 1.86. The second-order valence-corrected chi connectivity index (χ2v) is 6.57. The van der Waals surface area contributed by atoms with Crippen molar-refractivity contribution in [2.24, 2.45) is 11.8 Å². The molecule has 6 nitrogen and oxygen atoms in total. The van der Waals surface area contributed by atoms with Crippen LogP contribution in [-0.4, -0.2) is 38.2 Å². The topological polar surface area (TPSA) is 73.9 Å². The summed E-state index contributed by atoms with van der Waals surface area (Å²) in [6.07, 6.45) is 0. The fourth-order valence-corrected chi connectivity index (χ4v) is 1.86. The lowest BCUT2D eigenvalue weighted by Gasteiger charge is -2.14. The molecule has 0 aromatic heterocycles. The SMILES string of the molecule is CCOc1cc(C(=O)OCC(=O)NCC(C)C)ccc1OCC(C)C. The van der Waals surface area contributed by atoms with Crippen LogP contribution in [0.15, 0.2) is 18.2 Å². The Balaban J connectivity index is 2.68. The molecule has 1 aromatic rings. The molecule has 1 amide bonds. The number of amides is 1. The third-order valence-electron chi connectivity index (χ3n) is 3.09. The molecule has 6 heteroatoms. The zero-order valence-corrected chi connectivity index (χ0v) is 15.8. The Bertz CT molecular complexity index is 569. The summed E-state index contributed by atoms with van der Waals surface area (Å²) in [4.78, 5) is 23.7. The highest BCUT2D eigenvalue weighted by atomic mass is 16.5. The van der Waals surface area contributed by atoms with Gasteiger partial charge in [-0.3, -0.25) is 4.79 Å². The first kappa shape index (κ1) is 20.8. The van der Waals surface area contributed by atoms with E-state index < -0.39 is 5.97 Å². The van der Waals surface area contributed by atoms with Crippen LogP contribution in [0.3, 0.4) is 0 Å². The molecular formula is C19H29NO5. The lowest BCUT2D eigenvalue weighted by molar-refractivity contribution is -0.124. The van der Waals surface area contributed by atoms with Crippen molar-refractivity contribution in [3.8, 4) is 11.5 Å². The van der Waals surface area contributed by atoms with E-state index in [1.165, 1.54) is 0 Å². The van der Waals surface area contributed by atoms with E-state index in [4.69, 9.17) is 14.2 Å². The van der Waals surface area contributed by atoms with E-state index in [0.29, 0.717) is 48.7 Å². The minimum atomic E-state index is -0.573. The lowest BCUT2D eigenvalue weighted by Crippen LogP contribution is -2.31. The zero-order chi connectivity index (χ0) is 18.8. The Morgan fingerprint density at radius 3 is 2.36 bits per heavy atom. The van der Waals surface area contributed by atoms with E-state index >= 15 is 0 Å². The Morgan fingerprint density at radius 1 is 1.04 bits per heavy atom. The van der Waals surface area contributed by atoms with Gasteiger partial charge in [0.2, 0.25) is 0 Å². The predicted molar refractivity (Wildman–Crippen MR) is 96.1 cm³/mol. The van der Waals surface area contributed by atoms with Crippen LogP contribution in [0.5, 0.6) is 11.5 Å². The van der Waals surface area contributed by atoms with Crippen LogP contribution >= 0.6 is 0 Å². The molecule has 0 aliphatic rings. The number of ether oxygens (including phenoxy) is 3. The Morgan fingerprint density at radius 2 is 1.76 bits per heavy atom. The Hall–Kier alpha value is -2.24. The molecular weight excluding hydrogens is 322 g/mol. The maximum Gasteiger partial charge on any atom is 0.338 e. The molecule has 0 spiro atoms. The first-order valence-corrected chi connectivity index (χ1v) is 8.66. The van der Waals surface area contributed by atoms with Gasteiger partial charge in [-0.25, -0.2) is 4.79 Å². The molecule has 0 aliphatic carbocycles. The summed E-state index contributed by atoms with van der Waals surface area (Å²) in [7, 11) is 0. The van der Waals surface area contributed by atoms with Gasteiger partial charge in [-0.15, -0.1) is 0 Å². The van der Waals surface area contributed by atoms with E-state index in [1.807, 2.05) is 20.8 Å². The van der Waals surface area contributed by atoms with E-state index in [-0.39, 0.29) is 12.5 Å². The summed E-state index contributed by atoms with van der Waals surface area (Å²) < 4.78 is 16.3. The van der Waals surface area contributed by atoms with Gasteiger partial charge in [0, 0.05) is 6.54 Å². The average molecular weight is 351 g/mol. The van der Waals surface area contributed by atoms with Crippen LogP contribution in [0.1, 0.15) is 45.0 Å². The van der Waals surface area contributed by atoms with Gasteiger partial charge in [-0.2, -0.15) is 0 Å². The van der Waals surface area contributed by atoms with Gasteiger partial charge in [0.1, 0.15) is 0 Å². The van der Waals surface area contributed by atoms with Crippen molar-refractivity contribution < 1.29 is 23.8 Å². The van der Waals surface area contributed by atoms with Gasteiger partial charge in [-0.05, 0) is 37.0 Å². The highest BCUT2D eigenvalue weighted by molar-refractivity contribution is 5.92. The largest absolute Gasteiger partial charge is 0.490 e. The quantitative estimate of drug-likeness (QED) is 0.656. The van der Waals surface area contributed by atoms with Crippen LogP contribution in [0.25, 0.3) is 0 Å². The highest BCUT2D eigenvalue weighted by Gasteiger charge is 2.14. The van der Waals surface area contributed by atoms with Crippen LogP contribution < -0.4 is 14.8 Å².